The van der Waals surface area contributed by atoms with Crippen molar-refractivity contribution in [3.05, 3.63) is 34.2 Å². The standard InChI is InChI=1S/C9H7N/c1-7-3-2-4-8-5-10-6-9(7)8/h2-6H,1H2. The molecule has 0 amide bonds. The number of rotatable bonds is 0. The molecule has 0 fully saturated rings. The van der Waals surface area contributed by atoms with Crippen LogP contribution in [0.4, 0.5) is 0 Å². The zero-order chi connectivity index (χ0) is 6.97. The van der Waals surface area contributed by atoms with Gasteiger partial charge in [-0.2, -0.15) is 0 Å². The fourth-order valence-electron chi connectivity index (χ4n) is 1.10. The Labute approximate surface area is 59.0 Å². The average molecular weight is 129 g/mol. The monoisotopic (exact) mass is 129 g/mol. The first-order chi connectivity index (χ1) is 4.88. The lowest BCUT2D eigenvalue weighted by molar-refractivity contribution is 1.52. The highest BCUT2D eigenvalue weighted by Gasteiger charge is 1.94. The van der Waals surface area contributed by atoms with Crippen LogP contribution in [0.3, 0.4) is 0 Å². The first kappa shape index (κ1) is 5.42. The Hall–Kier alpha value is -1.37. The highest BCUT2D eigenvalue weighted by atomic mass is 14.7. The molecule has 0 aliphatic carbocycles. The Balaban J connectivity index is 2.99. The van der Waals surface area contributed by atoms with Crippen molar-refractivity contribution in [2.75, 3.05) is 0 Å². The molecule has 1 aromatic carbocycles. The molecule has 2 rings (SSSR count). The molecule has 1 aromatic rings. The summed E-state index contributed by atoms with van der Waals surface area (Å²) in [5, 5.41) is 2.21. The van der Waals surface area contributed by atoms with Crippen molar-refractivity contribution in [1.29, 1.82) is 0 Å². The second-order valence-electron chi connectivity index (χ2n) is 2.33. The van der Waals surface area contributed by atoms with E-state index in [0.29, 0.717) is 0 Å². The van der Waals surface area contributed by atoms with Gasteiger partial charge in [-0.05, 0) is 5.22 Å². The predicted molar refractivity (Wildman–Crippen MR) is 43.3 cm³/mol. The molecule has 1 aliphatic heterocycles. The summed E-state index contributed by atoms with van der Waals surface area (Å²) in [6.45, 7) is 3.88. The molecule has 48 valence electrons. The molecule has 1 nitrogen and oxygen atoms in total. The van der Waals surface area contributed by atoms with E-state index in [9.17, 15) is 0 Å². The third-order valence-electron chi connectivity index (χ3n) is 1.65. The maximum atomic E-state index is 4.02. The van der Waals surface area contributed by atoms with E-state index in [0.717, 1.165) is 10.4 Å². The van der Waals surface area contributed by atoms with Crippen LogP contribution < -0.4 is 10.4 Å². The largest absolute Gasteiger partial charge is 0.263 e. The van der Waals surface area contributed by atoms with E-state index in [1.807, 2.05) is 30.6 Å². The summed E-state index contributed by atoms with van der Waals surface area (Å²) < 4.78 is 0. The van der Waals surface area contributed by atoms with Gasteiger partial charge < -0.3 is 0 Å². The summed E-state index contributed by atoms with van der Waals surface area (Å²) in [5.41, 5.74) is 1.17. The topological polar surface area (TPSA) is 12.4 Å². The number of aliphatic imine (C=N–C) groups is 1. The lowest BCUT2D eigenvalue weighted by atomic mass is 10.2. The second-order valence-corrected chi connectivity index (χ2v) is 2.33. The second kappa shape index (κ2) is 1.81. The Bertz CT molecular complexity index is 388. The minimum atomic E-state index is 1.05. The summed E-state index contributed by atoms with van der Waals surface area (Å²) in [6, 6.07) is 6.02. The van der Waals surface area contributed by atoms with Gasteiger partial charge in [-0.15, -0.1) is 0 Å². The van der Waals surface area contributed by atoms with Crippen molar-refractivity contribution in [3.8, 4) is 0 Å². The van der Waals surface area contributed by atoms with Gasteiger partial charge in [-0.1, -0.05) is 24.8 Å². The lowest BCUT2D eigenvalue weighted by Gasteiger charge is -1.87. The van der Waals surface area contributed by atoms with Crippen molar-refractivity contribution < 1.29 is 0 Å². The molecular formula is C9H7N. The van der Waals surface area contributed by atoms with Crippen LogP contribution in [0.1, 0.15) is 5.56 Å². The highest BCUT2D eigenvalue weighted by molar-refractivity contribution is 5.85. The number of hydrogen-bond donors (Lipinski definition) is 0. The van der Waals surface area contributed by atoms with E-state index in [4.69, 9.17) is 0 Å². The van der Waals surface area contributed by atoms with Crippen LogP contribution in [0.15, 0.2) is 23.2 Å². The lowest BCUT2D eigenvalue weighted by Crippen LogP contribution is -2.24. The van der Waals surface area contributed by atoms with Crippen LogP contribution in [0.25, 0.3) is 12.8 Å². The van der Waals surface area contributed by atoms with E-state index in [1.54, 1.807) is 0 Å². The first-order valence-corrected chi connectivity index (χ1v) is 3.19. The van der Waals surface area contributed by atoms with Crippen LogP contribution in [0, 0.1) is 0 Å². The SMILES string of the molecule is C=c1cccc2c1=CN=C2. The smallest absolute Gasteiger partial charge is 0.0352 e. The van der Waals surface area contributed by atoms with E-state index in [-0.39, 0.29) is 0 Å². The number of hydrogen-bond acceptors (Lipinski definition) is 1. The summed E-state index contributed by atoms with van der Waals surface area (Å²) in [4.78, 5) is 4.02. The zero-order valence-electron chi connectivity index (χ0n) is 5.54. The molecule has 1 heterocycles. The number of fused-ring (bicyclic) bond motifs is 1. The van der Waals surface area contributed by atoms with Gasteiger partial charge >= 0.3 is 0 Å². The van der Waals surface area contributed by atoms with Gasteiger partial charge in [-0.25, -0.2) is 0 Å². The van der Waals surface area contributed by atoms with Crippen molar-refractivity contribution >= 4 is 19.0 Å². The molecule has 0 N–H and O–H groups in total. The first-order valence-electron chi connectivity index (χ1n) is 3.19. The van der Waals surface area contributed by atoms with Crippen molar-refractivity contribution in [1.82, 2.24) is 0 Å². The third kappa shape index (κ3) is 0.605. The van der Waals surface area contributed by atoms with Crippen LogP contribution in [-0.4, -0.2) is 6.21 Å². The summed E-state index contributed by atoms with van der Waals surface area (Å²) in [6.07, 6.45) is 3.70. The molecule has 1 heteroatoms. The summed E-state index contributed by atoms with van der Waals surface area (Å²) >= 11 is 0. The summed E-state index contributed by atoms with van der Waals surface area (Å²) in [5.74, 6) is 0. The average Bonchev–Trinajstić information content (AvgIpc) is 2.36. The van der Waals surface area contributed by atoms with Gasteiger partial charge in [0.2, 0.25) is 0 Å². The van der Waals surface area contributed by atoms with Gasteiger partial charge in [0.15, 0.2) is 0 Å². The Morgan fingerprint density at radius 3 is 3.00 bits per heavy atom. The Morgan fingerprint density at radius 1 is 1.30 bits per heavy atom. The fraction of sp³-hybridized carbons (Fsp3) is 0. The van der Waals surface area contributed by atoms with Crippen LogP contribution in [0.5, 0.6) is 0 Å². The molecule has 10 heavy (non-hydrogen) atoms. The molecule has 1 aliphatic rings. The van der Waals surface area contributed by atoms with E-state index in [1.165, 1.54) is 5.56 Å². The molecule has 0 unspecified atom stereocenters. The van der Waals surface area contributed by atoms with E-state index in [2.05, 4.69) is 11.6 Å². The maximum absolute atomic E-state index is 4.02. The molecular weight excluding hydrogens is 122 g/mol. The van der Waals surface area contributed by atoms with Gasteiger partial charge in [0.25, 0.3) is 0 Å². The molecule has 0 spiro atoms. The van der Waals surface area contributed by atoms with Crippen molar-refractivity contribution in [3.63, 3.8) is 0 Å². The predicted octanol–water partition coefficient (Wildman–Crippen LogP) is 0.267. The fourth-order valence-corrected chi connectivity index (χ4v) is 1.10. The number of nitrogens with zero attached hydrogens (tertiary/aromatic N) is 1. The normalized spacial score (nSPS) is 12.8. The Kier molecular flexibility index (Phi) is 0.978. The highest BCUT2D eigenvalue weighted by Crippen LogP contribution is 1.89. The molecule has 0 radical (unpaired) electrons. The zero-order valence-corrected chi connectivity index (χ0v) is 5.54. The van der Waals surface area contributed by atoms with Gasteiger partial charge in [-0.3, -0.25) is 4.99 Å². The molecule has 0 bridgehead atoms. The quantitative estimate of drug-likeness (QED) is 0.476. The van der Waals surface area contributed by atoms with Gasteiger partial charge in [0.05, 0.1) is 0 Å². The van der Waals surface area contributed by atoms with Crippen LogP contribution >= 0.6 is 0 Å². The van der Waals surface area contributed by atoms with E-state index >= 15 is 0 Å². The maximum Gasteiger partial charge on any atom is 0.0352 e. The Morgan fingerprint density at radius 2 is 2.20 bits per heavy atom. The van der Waals surface area contributed by atoms with Crippen LogP contribution in [-0.2, 0) is 0 Å². The van der Waals surface area contributed by atoms with Crippen LogP contribution in [0.2, 0.25) is 0 Å². The van der Waals surface area contributed by atoms with E-state index < -0.39 is 0 Å². The summed E-state index contributed by atoms with van der Waals surface area (Å²) in [7, 11) is 0. The number of benzene rings is 1. The van der Waals surface area contributed by atoms with Crippen molar-refractivity contribution in [2.45, 2.75) is 0 Å². The van der Waals surface area contributed by atoms with Gasteiger partial charge in [0, 0.05) is 23.2 Å². The minimum Gasteiger partial charge on any atom is -0.263 e. The molecule has 0 saturated carbocycles. The minimum absolute atomic E-state index is 1.05. The molecule has 0 aromatic heterocycles. The van der Waals surface area contributed by atoms with Crippen molar-refractivity contribution in [2.24, 2.45) is 4.99 Å². The molecule has 0 atom stereocenters. The molecule has 0 saturated heterocycles. The van der Waals surface area contributed by atoms with Gasteiger partial charge in [0.1, 0.15) is 0 Å². The third-order valence-corrected chi connectivity index (χ3v) is 1.65.